The van der Waals surface area contributed by atoms with Crippen LogP contribution in [-0.4, -0.2) is 37.2 Å². The molecule has 0 rings (SSSR count). The molecule has 0 aliphatic heterocycles. The summed E-state index contributed by atoms with van der Waals surface area (Å²) in [5.41, 5.74) is 0. The van der Waals surface area contributed by atoms with Crippen molar-refractivity contribution < 1.29 is 28.6 Å². The van der Waals surface area contributed by atoms with Crippen LogP contribution in [0.1, 0.15) is 168 Å². The minimum absolute atomic E-state index is 0.101. The predicted molar refractivity (Wildman–Crippen MR) is 201 cm³/mol. The van der Waals surface area contributed by atoms with E-state index in [1.807, 2.05) is 12.2 Å². The summed E-state index contributed by atoms with van der Waals surface area (Å²) in [5, 5.41) is 0. The van der Waals surface area contributed by atoms with Crippen LogP contribution in [0.5, 0.6) is 0 Å². The number of ether oxygens (including phenoxy) is 3. The van der Waals surface area contributed by atoms with Crippen LogP contribution in [0.2, 0.25) is 0 Å². The maximum atomic E-state index is 12.6. The third-order valence-electron chi connectivity index (χ3n) is 7.77. The molecule has 0 aromatic heterocycles. The minimum Gasteiger partial charge on any atom is -0.462 e. The standard InChI is InChI=1S/C42H70O6/c1-4-7-10-13-16-18-20-21-23-24-26-29-32-35-41(44)47-38-39(37-46-40(43)34-31-28-15-12-9-6-3)48-42(45)36-33-30-27-25-22-19-17-14-11-8-5-2/h7,10,14,16-18,21,23,26,29,39H,4-6,8-9,11-13,15,19-20,22,24-25,27-28,30-38H2,1-3H3/b10-7-,17-14-,18-16-,23-21-,29-26-. The van der Waals surface area contributed by atoms with E-state index in [9.17, 15) is 14.4 Å². The Bertz CT molecular complexity index is 913. The van der Waals surface area contributed by atoms with Gasteiger partial charge in [-0.05, 0) is 64.2 Å². The van der Waals surface area contributed by atoms with Gasteiger partial charge in [-0.2, -0.15) is 0 Å². The summed E-state index contributed by atoms with van der Waals surface area (Å²) < 4.78 is 16.4. The highest BCUT2D eigenvalue weighted by Gasteiger charge is 2.19. The van der Waals surface area contributed by atoms with E-state index in [1.165, 1.54) is 44.9 Å². The lowest BCUT2D eigenvalue weighted by Gasteiger charge is -2.18. The molecule has 0 amide bonds. The number of allylic oxidation sites excluding steroid dienone is 10. The molecule has 0 saturated carbocycles. The molecule has 0 fully saturated rings. The first-order chi connectivity index (χ1) is 23.5. The Kier molecular flexibility index (Phi) is 34.7. The fourth-order valence-electron chi connectivity index (χ4n) is 4.85. The third-order valence-corrected chi connectivity index (χ3v) is 7.77. The first kappa shape index (κ1) is 45.1. The topological polar surface area (TPSA) is 78.9 Å². The van der Waals surface area contributed by atoms with Crippen LogP contribution in [-0.2, 0) is 28.6 Å². The van der Waals surface area contributed by atoms with Gasteiger partial charge in [0.05, 0.1) is 0 Å². The third kappa shape index (κ3) is 34.4. The number of carbonyl (C=O) groups excluding carboxylic acids is 3. The normalized spacial score (nSPS) is 12.6. The molecule has 0 aliphatic rings. The Labute approximate surface area is 294 Å². The molecule has 1 unspecified atom stereocenters. The molecule has 0 aromatic rings. The largest absolute Gasteiger partial charge is 0.462 e. The Hall–Kier alpha value is -2.89. The van der Waals surface area contributed by atoms with Crippen molar-refractivity contribution in [2.75, 3.05) is 13.2 Å². The smallest absolute Gasteiger partial charge is 0.306 e. The van der Waals surface area contributed by atoms with E-state index >= 15 is 0 Å². The highest BCUT2D eigenvalue weighted by molar-refractivity contribution is 5.71. The van der Waals surface area contributed by atoms with Gasteiger partial charge in [0, 0.05) is 19.3 Å². The van der Waals surface area contributed by atoms with Crippen LogP contribution in [0.4, 0.5) is 0 Å². The van der Waals surface area contributed by atoms with E-state index in [1.54, 1.807) is 0 Å². The van der Waals surface area contributed by atoms with Crippen molar-refractivity contribution in [1.29, 1.82) is 0 Å². The lowest BCUT2D eigenvalue weighted by Crippen LogP contribution is -2.30. The summed E-state index contributed by atoms with van der Waals surface area (Å²) in [6.07, 6.45) is 42.4. The van der Waals surface area contributed by atoms with Crippen molar-refractivity contribution in [2.45, 2.75) is 175 Å². The number of esters is 3. The molecule has 0 saturated heterocycles. The zero-order valence-electron chi connectivity index (χ0n) is 31.0. The van der Waals surface area contributed by atoms with E-state index in [0.717, 1.165) is 77.0 Å². The first-order valence-electron chi connectivity index (χ1n) is 19.3. The van der Waals surface area contributed by atoms with E-state index in [2.05, 4.69) is 69.4 Å². The van der Waals surface area contributed by atoms with Crippen molar-refractivity contribution in [2.24, 2.45) is 0 Å². The van der Waals surface area contributed by atoms with Crippen LogP contribution in [0.15, 0.2) is 60.8 Å². The summed E-state index contributed by atoms with van der Waals surface area (Å²) in [5.74, 6) is -1.02. The van der Waals surface area contributed by atoms with E-state index in [-0.39, 0.29) is 37.5 Å². The Morgan fingerprint density at radius 3 is 1.46 bits per heavy atom. The van der Waals surface area contributed by atoms with Crippen LogP contribution in [0.25, 0.3) is 0 Å². The molecule has 48 heavy (non-hydrogen) atoms. The van der Waals surface area contributed by atoms with Crippen molar-refractivity contribution in [3.05, 3.63) is 60.8 Å². The first-order valence-corrected chi connectivity index (χ1v) is 19.3. The number of hydrogen-bond acceptors (Lipinski definition) is 6. The van der Waals surface area contributed by atoms with Gasteiger partial charge in [-0.25, -0.2) is 0 Å². The molecule has 6 heteroatoms. The number of rotatable bonds is 33. The van der Waals surface area contributed by atoms with Crippen molar-refractivity contribution in [3.63, 3.8) is 0 Å². The lowest BCUT2D eigenvalue weighted by atomic mass is 10.1. The second kappa shape index (κ2) is 36.9. The molecular weight excluding hydrogens is 600 g/mol. The van der Waals surface area contributed by atoms with E-state index in [4.69, 9.17) is 14.2 Å². The molecule has 0 bridgehead atoms. The van der Waals surface area contributed by atoms with Crippen LogP contribution < -0.4 is 0 Å². The number of carbonyl (C=O) groups is 3. The van der Waals surface area contributed by atoms with Gasteiger partial charge >= 0.3 is 17.9 Å². The SMILES string of the molecule is CC/C=C\C/C=C\C/C=C\C/C=C\CCC(=O)OCC(COC(=O)CCCCCCCC)OC(=O)CCCCCCC/C=C\CCCC. The molecule has 0 N–H and O–H groups in total. The van der Waals surface area contributed by atoms with Crippen LogP contribution in [0, 0.1) is 0 Å². The number of unbranched alkanes of at least 4 members (excludes halogenated alkanes) is 12. The second-order valence-corrected chi connectivity index (χ2v) is 12.5. The second-order valence-electron chi connectivity index (χ2n) is 12.5. The molecule has 1 atom stereocenters. The summed E-state index contributed by atoms with van der Waals surface area (Å²) in [7, 11) is 0. The van der Waals surface area contributed by atoms with Crippen molar-refractivity contribution in [3.8, 4) is 0 Å². The average molecular weight is 671 g/mol. The zero-order valence-corrected chi connectivity index (χ0v) is 31.0. The molecule has 0 heterocycles. The zero-order chi connectivity index (χ0) is 35.2. The molecule has 0 radical (unpaired) electrons. The Morgan fingerprint density at radius 2 is 0.875 bits per heavy atom. The Morgan fingerprint density at radius 1 is 0.438 bits per heavy atom. The van der Waals surface area contributed by atoms with E-state index in [0.29, 0.717) is 19.3 Å². The Balaban J connectivity index is 4.47. The molecule has 6 nitrogen and oxygen atoms in total. The minimum atomic E-state index is -0.799. The van der Waals surface area contributed by atoms with Gasteiger partial charge < -0.3 is 14.2 Å². The van der Waals surface area contributed by atoms with Gasteiger partial charge in [-0.3, -0.25) is 14.4 Å². The summed E-state index contributed by atoms with van der Waals surface area (Å²) in [6.45, 7) is 6.31. The highest BCUT2D eigenvalue weighted by Crippen LogP contribution is 2.11. The predicted octanol–water partition coefficient (Wildman–Crippen LogP) is 11.8. The van der Waals surface area contributed by atoms with Gasteiger partial charge in [-0.15, -0.1) is 0 Å². The molecular formula is C42H70O6. The molecule has 0 aromatic carbocycles. The van der Waals surface area contributed by atoms with Gasteiger partial charge in [-0.1, -0.05) is 146 Å². The number of hydrogen-bond donors (Lipinski definition) is 0. The van der Waals surface area contributed by atoms with Crippen LogP contribution in [0.3, 0.4) is 0 Å². The maximum absolute atomic E-state index is 12.6. The van der Waals surface area contributed by atoms with Gasteiger partial charge in [0.25, 0.3) is 0 Å². The molecule has 0 spiro atoms. The maximum Gasteiger partial charge on any atom is 0.306 e. The van der Waals surface area contributed by atoms with E-state index < -0.39 is 6.10 Å². The van der Waals surface area contributed by atoms with Gasteiger partial charge in [0.15, 0.2) is 6.10 Å². The molecule has 0 aliphatic carbocycles. The van der Waals surface area contributed by atoms with Crippen LogP contribution >= 0.6 is 0 Å². The highest BCUT2D eigenvalue weighted by atomic mass is 16.6. The summed E-state index contributed by atoms with van der Waals surface area (Å²) in [4.78, 5) is 37.2. The van der Waals surface area contributed by atoms with Gasteiger partial charge in [0.2, 0.25) is 0 Å². The van der Waals surface area contributed by atoms with Gasteiger partial charge in [0.1, 0.15) is 13.2 Å². The summed E-state index contributed by atoms with van der Waals surface area (Å²) in [6, 6.07) is 0. The van der Waals surface area contributed by atoms with Crippen molar-refractivity contribution in [1.82, 2.24) is 0 Å². The fourth-order valence-corrected chi connectivity index (χ4v) is 4.85. The fraction of sp³-hybridized carbons (Fsp3) is 0.690. The van der Waals surface area contributed by atoms with Crippen molar-refractivity contribution >= 4 is 17.9 Å². The lowest BCUT2D eigenvalue weighted by molar-refractivity contribution is -0.166. The summed E-state index contributed by atoms with van der Waals surface area (Å²) >= 11 is 0. The quantitative estimate of drug-likeness (QED) is 0.0299. The average Bonchev–Trinajstić information content (AvgIpc) is 3.08. The monoisotopic (exact) mass is 671 g/mol. The molecule has 274 valence electrons.